The second kappa shape index (κ2) is 8.99. The Kier molecular flexibility index (Phi) is 6.15. The Hall–Kier alpha value is -3.04. The third-order valence-electron chi connectivity index (χ3n) is 4.67. The fourth-order valence-electron chi connectivity index (χ4n) is 2.92. The number of hydrogen-bond donors (Lipinski definition) is 1. The van der Waals surface area contributed by atoms with Gasteiger partial charge in [-0.25, -0.2) is 9.37 Å². The van der Waals surface area contributed by atoms with E-state index in [2.05, 4.69) is 20.5 Å². The lowest BCUT2D eigenvalue weighted by Crippen LogP contribution is -2.22. The van der Waals surface area contributed by atoms with Gasteiger partial charge in [0, 0.05) is 10.6 Å². The number of carbonyl (C=O) groups excluding carboxylic acids is 1. The van der Waals surface area contributed by atoms with E-state index < -0.39 is 5.25 Å². The van der Waals surface area contributed by atoms with E-state index in [1.807, 2.05) is 44.2 Å². The van der Waals surface area contributed by atoms with E-state index >= 15 is 0 Å². The molecule has 0 fully saturated rings. The standard InChI is InChI=1S/C22H20FN5OS2/c1-13-14(2)30-21(24-13)25-20(29)15(3)31-22-27-26-19(17-11-7-8-12-18(17)23)28(22)16-9-5-4-6-10-16/h4-12,15H,1-3H3,(H,24,25,29). The molecule has 1 N–H and O–H groups in total. The molecule has 4 rings (SSSR count). The van der Waals surface area contributed by atoms with Gasteiger partial charge in [-0.3, -0.25) is 9.36 Å². The summed E-state index contributed by atoms with van der Waals surface area (Å²) >= 11 is 2.70. The predicted octanol–water partition coefficient (Wildman–Crippen LogP) is 5.27. The number of anilines is 1. The lowest BCUT2D eigenvalue weighted by atomic mass is 10.2. The lowest BCUT2D eigenvalue weighted by Gasteiger charge is -2.13. The van der Waals surface area contributed by atoms with Crippen LogP contribution < -0.4 is 5.32 Å². The molecule has 1 unspecified atom stereocenters. The molecule has 2 aromatic heterocycles. The van der Waals surface area contributed by atoms with Crippen molar-refractivity contribution in [3.63, 3.8) is 0 Å². The molecule has 6 nitrogen and oxygen atoms in total. The van der Waals surface area contributed by atoms with Gasteiger partial charge < -0.3 is 5.32 Å². The number of aryl methyl sites for hydroxylation is 2. The normalized spacial score (nSPS) is 12.0. The molecular formula is C22H20FN5OS2. The zero-order chi connectivity index (χ0) is 22.0. The summed E-state index contributed by atoms with van der Waals surface area (Å²) in [5.41, 5.74) is 2.03. The fraction of sp³-hybridized carbons (Fsp3) is 0.182. The summed E-state index contributed by atoms with van der Waals surface area (Å²) in [5, 5.41) is 12.0. The average Bonchev–Trinajstić information content (AvgIpc) is 3.31. The molecule has 0 aliphatic heterocycles. The van der Waals surface area contributed by atoms with Crippen LogP contribution in [0.1, 0.15) is 17.5 Å². The molecule has 0 spiro atoms. The van der Waals surface area contributed by atoms with Gasteiger partial charge in [0.05, 0.1) is 16.5 Å². The topological polar surface area (TPSA) is 72.7 Å². The molecule has 0 aliphatic carbocycles. The van der Waals surface area contributed by atoms with Crippen molar-refractivity contribution in [2.24, 2.45) is 0 Å². The van der Waals surface area contributed by atoms with Crippen LogP contribution in [-0.4, -0.2) is 30.9 Å². The van der Waals surface area contributed by atoms with E-state index in [9.17, 15) is 9.18 Å². The Balaban J connectivity index is 1.65. The Morgan fingerprint density at radius 3 is 2.48 bits per heavy atom. The third kappa shape index (κ3) is 4.52. The van der Waals surface area contributed by atoms with Crippen LogP contribution in [0.3, 0.4) is 0 Å². The summed E-state index contributed by atoms with van der Waals surface area (Å²) in [4.78, 5) is 18.2. The first-order valence-corrected chi connectivity index (χ1v) is 11.3. The van der Waals surface area contributed by atoms with Gasteiger partial charge >= 0.3 is 0 Å². The summed E-state index contributed by atoms with van der Waals surface area (Å²) in [7, 11) is 0. The molecule has 9 heteroatoms. The van der Waals surface area contributed by atoms with Crippen molar-refractivity contribution in [3.8, 4) is 17.1 Å². The van der Waals surface area contributed by atoms with Crippen LogP contribution in [0.25, 0.3) is 17.1 Å². The summed E-state index contributed by atoms with van der Waals surface area (Å²) in [5.74, 6) is -0.191. The van der Waals surface area contributed by atoms with Gasteiger partial charge in [0.25, 0.3) is 0 Å². The highest BCUT2D eigenvalue weighted by molar-refractivity contribution is 8.00. The Morgan fingerprint density at radius 2 is 1.81 bits per heavy atom. The highest BCUT2D eigenvalue weighted by Gasteiger charge is 2.23. The van der Waals surface area contributed by atoms with Gasteiger partial charge in [0.2, 0.25) is 5.91 Å². The molecule has 0 saturated heterocycles. The third-order valence-corrected chi connectivity index (χ3v) is 6.70. The van der Waals surface area contributed by atoms with Gasteiger partial charge in [-0.2, -0.15) is 0 Å². The summed E-state index contributed by atoms with van der Waals surface area (Å²) in [6.45, 7) is 5.67. The molecule has 4 aromatic rings. The van der Waals surface area contributed by atoms with E-state index in [0.29, 0.717) is 21.7 Å². The summed E-state index contributed by atoms with van der Waals surface area (Å²) in [6, 6.07) is 15.9. The van der Waals surface area contributed by atoms with Crippen molar-refractivity contribution < 1.29 is 9.18 Å². The van der Waals surface area contributed by atoms with Crippen molar-refractivity contribution in [1.29, 1.82) is 0 Å². The van der Waals surface area contributed by atoms with Crippen molar-refractivity contribution in [2.75, 3.05) is 5.32 Å². The maximum absolute atomic E-state index is 14.5. The quantitative estimate of drug-likeness (QED) is 0.403. The number of halogens is 1. The van der Waals surface area contributed by atoms with Gasteiger partial charge in [0.1, 0.15) is 5.82 Å². The van der Waals surface area contributed by atoms with Crippen LogP contribution in [0.2, 0.25) is 0 Å². The minimum Gasteiger partial charge on any atom is -0.301 e. The van der Waals surface area contributed by atoms with Crippen LogP contribution in [0.4, 0.5) is 9.52 Å². The number of carbonyl (C=O) groups is 1. The number of hydrogen-bond acceptors (Lipinski definition) is 6. The van der Waals surface area contributed by atoms with Crippen molar-refractivity contribution >= 4 is 34.1 Å². The minimum absolute atomic E-state index is 0.186. The highest BCUT2D eigenvalue weighted by atomic mass is 32.2. The molecule has 0 bridgehead atoms. The van der Waals surface area contributed by atoms with Gasteiger partial charge in [0.15, 0.2) is 16.1 Å². The minimum atomic E-state index is -0.468. The molecular weight excluding hydrogens is 433 g/mol. The van der Waals surface area contributed by atoms with Crippen LogP contribution in [-0.2, 0) is 4.79 Å². The molecule has 1 amide bonds. The number of rotatable bonds is 6. The van der Waals surface area contributed by atoms with E-state index in [4.69, 9.17) is 0 Å². The zero-order valence-corrected chi connectivity index (χ0v) is 18.8. The van der Waals surface area contributed by atoms with E-state index in [-0.39, 0.29) is 11.7 Å². The Labute approximate surface area is 187 Å². The van der Waals surface area contributed by atoms with Crippen LogP contribution in [0.5, 0.6) is 0 Å². The lowest BCUT2D eigenvalue weighted by molar-refractivity contribution is -0.115. The Bertz CT molecular complexity index is 1200. The molecule has 0 radical (unpaired) electrons. The van der Waals surface area contributed by atoms with E-state index in [1.54, 1.807) is 29.7 Å². The Morgan fingerprint density at radius 1 is 1.10 bits per heavy atom. The predicted molar refractivity (Wildman–Crippen MR) is 122 cm³/mol. The molecule has 2 heterocycles. The second-order valence-electron chi connectivity index (χ2n) is 6.87. The first-order chi connectivity index (χ1) is 14.9. The average molecular weight is 454 g/mol. The molecule has 0 saturated carbocycles. The summed E-state index contributed by atoms with van der Waals surface area (Å²) in [6.07, 6.45) is 0. The highest BCUT2D eigenvalue weighted by Crippen LogP contribution is 2.32. The largest absolute Gasteiger partial charge is 0.301 e. The second-order valence-corrected chi connectivity index (χ2v) is 9.38. The first kappa shape index (κ1) is 21.2. The number of benzene rings is 2. The van der Waals surface area contributed by atoms with Crippen LogP contribution in [0, 0.1) is 19.7 Å². The number of para-hydroxylation sites is 1. The maximum Gasteiger partial charge on any atom is 0.239 e. The SMILES string of the molecule is Cc1nc(NC(=O)C(C)Sc2nnc(-c3ccccc3F)n2-c2ccccc2)sc1C. The van der Waals surface area contributed by atoms with Gasteiger partial charge in [-0.1, -0.05) is 42.1 Å². The molecule has 31 heavy (non-hydrogen) atoms. The fourth-order valence-corrected chi connectivity index (χ4v) is 4.60. The maximum atomic E-state index is 14.5. The number of nitrogens with zero attached hydrogens (tertiary/aromatic N) is 4. The van der Waals surface area contributed by atoms with E-state index in [1.165, 1.54) is 29.2 Å². The van der Waals surface area contributed by atoms with Crippen LogP contribution in [0.15, 0.2) is 59.8 Å². The summed E-state index contributed by atoms with van der Waals surface area (Å²) < 4.78 is 16.3. The molecule has 2 aromatic carbocycles. The number of nitrogens with one attached hydrogen (secondary N) is 1. The van der Waals surface area contributed by atoms with Crippen molar-refractivity contribution in [1.82, 2.24) is 19.7 Å². The smallest absolute Gasteiger partial charge is 0.239 e. The van der Waals surface area contributed by atoms with Crippen LogP contribution >= 0.6 is 23.1 Å². The molecule has 158 valence electrons. The van der Waals surface area contributed by atoms with Crippen molar-refractivity contribution in [2.45, 2.75) is 31.2 Å². The van der Waals surface area contributed by atoms with Crippen molar-refractivity contribution in [3.05, 3.63) is 71.0 Å². The monoisotopic (exact) mass is 453 g/mol. The van der Waals surface area contributed by atoms with E-state index in [0.717, 1.165) is 16.3 Å². The molecule has 0 aliphatic rings. The number of aromatic nitrogens is 4. The zero-order valence-electron chi connectivity index (χ0n) is 17.2. The number of thiazole rings is 1. The van der Waals surface area contributed by atoms with Gasteiger partial charge in [-0.15, -0.1) is 21.5 Å². The molecule has 1 atom stereocenters. The first-order valence-electron chi connectivity index (χ1n) is 9.61. The number of amides is 1. The number of thioether (sulfide) groups is 1. The van der Waals surface area contributed by atoms with Gasteiger partial charge in [-0.05, 0) is 45.0 Å².